The molecule has 1 aliphatic carbocycles. The minimum Gasteiger partial charge on any atom is -0.398 e. The summed E-state index contributed by atoms with van der Waals surface area (Å²) in [5, 5.41) is 0. The molecule has 1 saturated carbocycles. The van der Waals surface area contributed by atoms with Crippen LogP contribution in [-0.2, 0) is 15.8 Å². The smallest absolute Gasteiger partial charge is 0.216 e. The monoisotopic (exact) mass is 268 g/mol. The number of nitrogens with one attached hydrogen (secondary N) is 1. The number of nitrogen functional groups attached to an aromatic ring is 1. The first-order chi connectivity index (χ1) is 8.46. The first-order valence-electron chi connectivity index (χ1n) is 6.29. The molecule has 1 fully saturated rings. The molecule has 2 atom stereocenters. The molecule has 2 rings (SSSR count). The van der Waals surface area contributed by atoms with E-state index in [1.165, 1.54) is 0 Å². The summed E-state index contributed by atoms with van der Waals surface area (Å²) in [7, 11) is -3.29. The fourth-order valence-corrected chi connectivity index (χ4v) is 3.96. The van der Waals surface area contributed by atoms with Gasteiger partial charge in [-0.05, 0) is 36.8 Å². The van der Waals surface area contributed by atoms with E-state index >= 15 is 0 Å². The Morgan fingerprint density at radius 3 is 2.67 bits per heavy atom. The minimum absolute atomic E-state index is 0.0371. The van der Waals surface area contributed by atoms with Gasteiger partial charge in [-0.3, -0.25) is 0 Å². The molecule has 5 heteroatoms. The van der Waals surface area contributed by atoms with E-state index in [1.807, 2.05) is 0 Å². The predicted octanol–water partition coefficient (Wildman–Crippen LogP) is 1.88. The topological polar surface area (TPSA) is 72.2 Å². The number of anilines is 1. The molecule has 100 valence electrons. The highest BCUT2D eigenvalue weighted by Crippen LogP contribution is 2.25. The normalized spacial score (nSPS) is 24.3. The number of benzene rings is 1. The molecule has 0 amide bonds. The second-order valence-corrected chi connectivity index (χ2v) is 6.94. The number of hydrogen-bond donors (Lipinski definition) is 2. The van der Waals surface area contributed by atoms with Crippen molar-refractivity contribution < 1.29 is 8.42 Å². The Bertz CT molecular complexity index is 513. The molecule has 0 spiro atoms. The van der Waals surface area contributed by atoms with Gasteiger partial charge in [0.05, 0.1) is 5.75 Å². The Labute approximate surface area is 109 Å². The van der Waals surface area contributed by atoms with Crippen LogP contribution in [0.1, 0.15) is 31.7 Å². The zero-order valence-electron chi connectivity index (χ0n) is 10.6. The fourth-order valence-electron chi connectivity index (χ4n) is 2.48. The summed E-state index contributed by atoms with van der Waals surface area (Å²) >= 11 is 0. The minimum atomic E-state index is -3.29. The molecule has 2 unspecified atom stereocenters. The van der Waals surface area contributed by atoms with Gasteiger partial charge >= 0.3 is 0 Å². The lowest BCUT2D eigenvalue weighted by Crippen LogP contribution is -2.34. The maximum atomic E-state index is 12.0. The third kappa shape index (κ3) is 3.46. The quantitative estimate of drug-likeness (QED) is 0.819. The van der Waals surface area contributed by atoms with Crippen LogP contribution in [0.5, 0.6) is 0 Å². The molecular weight excluding hydrogens is 248 g/mol. The molecule has 1 aromatic carbocycles. The summed E-state index contributed by atoms with van der Waals surface area (Å²) < 4.78 is 26.9. The van der Waals surface area contributed by atoms with Gasteiger partial charge in [-0.15, -0.1) is 0 Å². The van der Waals surface area contributed by atoms with E-state index in [4.69, 9.17) is 5.73 Å². The molecule has 0 heterocycles. The van der Waals surface area contributed by atoms with Crippen molar-refractivity contribution in [2.24, 2.45) is 5.92 Å². The highest BCUT2D eigenvalue weighted by Gasteiger charge is 2.25. The van der Waals surface area contributed by atoms with Gasteiger partial charge in [-0.1, -0.05) is 25.1 Å². The van der Waals surface area contributed by atoms with Crippen molar-refractivity contribution in [1.82, 2.24) is 4.72 Å². The molecule has 0 saturated heterocycles. The SMILES string of the molecule is CC1CCC(NS(=O)(=O)Cc2ccccc2N)C1. The molecule has 3 N–H and O–H groups in total. The second kappa shape index (κ2) is 5.28. The third-order valence-electron chi connectivity index (χ3n) is 3.44. The van der Waals surface area contributed by atoms with Gasteiger partial charge in [0.15, 0.2) is 0 Å². The Hall–Kier alpha value is -1.07. The van der Waals surface area contributed by atoms with Crippen LogP contribution in [0.3, 0.4) is 0 Å². The molecule has 1 aromatic rings. The lowest BCUT2D eigenvalue weighted by Gasteiger charge is -2.13. The van der Waals surface area contributed by atoms with Gasteiger partial charge in [-0.2, -0.15) is 0 Å². The lowest BCUT2D eigenvalue weighted by atomic mass is 10.1. The third-order valence-corrected chi connectivity index (χ3v) is 4.83. The van der Waals surface area contributed by atoms with Gasteiger partial charge in [0.1, 0.15) is 0 Å². The van der Waals surface area contributed by atoms with E-state index in [0.717, 1.165) is 19.3 Å². The highest BCUT2D eigenvalue weighted by molar-refractivity contribution is 7.88. The second-order valence-electron chi connectivity index (χ2n) is 5.19. The standard InChI is InChI=1S/C13H20N2O2S/c1-10-6-7-12(8-10)15-18(16,17)9-11-4-2-3-5-13(11)14/h2-5,10,12,15H,6-9,14H2,1H3. The number of rotatable bonds is 4. The van der Waals surface area contributed by atoms with Crippen LogP contribution < -0.4 is 10.5 Å². The van der Waals surface area contributed by atoms with Gasteiger partial charge in [0, 0.05) is 11.7 Å². The summed E-state index contributed by atoms with van der Waals surface area (Å²) in [5.74, 6) is 0.573. The van der Waals surface area contributed by atoms with Crippen LogP contribution >= 0.6 is 0 Å². The summed E-state index contributed by atoms with van der Waals surface area (Å²) in [6, 6.07) is 7.18. The maximum absolute atomic E-state index is 12.0. The fraction of sp³-hybridized carbons (Fsp3) is 0.538. The molecule has 1 aliphatic rings. The number of hydrogen-bond acceptors (Lipinski definition) is 3. The van der Waals surface area contributed by atoms with Gasteiger partial charge in [0.2, 0.25) is 10.0 Å². The van der Waals surface area contributed by atoms with Crippen molar-refractivity contribution in [3.05, 3.63) is 29.8 Å². The average molecular weight is 268 g/mol. The van der Waals surface area contributed by atoms with Crippen LogP contribution in [0.4, 0.5) is 5.69 Å². The predicted molar refractivity (Wildman–Crippen MR) is 73.4 cm³/mol. The van der Waals surface area contributed by atoms with E-state index in [2.05, 4.69) is 11.6 Å². The first-order valence-corrected chi connectivity index (χ1v) is 7.95. The molecular formula is C13H20N2O2S. The van der Waals surface area contributed by atoms with Crippen molar-refractivity contribution in [3.63, 3.8) is 0 Å². The van der Waals surface area contributed by atoms with Crippen molar-refractivity contribution in [3.8, 4) is 0 Å². The van der Waals surface area contributed by atoms with Crippen LogP contribution in [0.2, 0.25) is 0 Å². The number of nitrogens with two attached hydrogens (primary N) is 1. The lowest BCUT2D eigenvalue weighted by molar-refractivity contribution is 0.538. The highest BCUT2D eigenvalue weighted by atomic mass is 32.2. The summed E-state index contributed by atoms with van der Waals surface area (Å²) in [6.45, 7) is 2.16. The molecule has 0 aromatic heterocycles. The Morgan fingerprint density at radius 1 is 1.33 bits per heavy atom. The molecule has 18 heavy (non-hydrogen) atoms. The van der Waals surface area contributed by atoms with Gasteiger partial charge in [-0.25, -0.2) is 13.1 Å². The largest absolute Gasteiger partial charge is 0.398 e. The van der Waals surface area contributed by atoms with E-state index < -0.39 is 10.0 Å². The maximum Gasteiger partial charge on any atom is 0.216 e. The molecule has 0 aliphatic heterocycles. The Balaban J connectivity index is 2.02. The summed E-state index contributed by atoms with van der Waals surface area (Å²) in [5.41, 5.74) is 6.96. The number of para-hydroxylation sites is 1. The van der Waals surface area contributed by atoms with E-state index in [1.54, 1.807) is 24.3 Å². The zero-order chi connectivity index (χ0) is 13.2. The zero-order valence-corrected chi connectivity index (χ0v) is 11.4. The van der Waals surface area contributed by atoms with Crippen molar-refractivity contribution in [2.45, 2.75) is 38.0 Å². The number of sulfonamides is 1. The summed E-state index contributed by atoms with van der Waals surface area (Å²) in [4.78, 5) is 0. The van der Waals surface area contributed by atoms with Crippen LogP contribution in [-0.4, -0.2) is 14.5 Å². The van der Waals surface area contributed by atoms with Gasteiger partial charge < -0.3 is 5.73 Å². The van der Waals surface area contributed by atoms with E-state index in [0.29, 0.717) is 17.2 Å². The average Bonchev–Trinajstić information content (AvgIpc) is 2.66. The van der Waals surface area contributed by atoms with Gasteiger partial charge in [0.25, 0.3) is 0 Å². The molecule has 4 nitrogen and oxygen atoms in total. The van der Waals surface area contributed by atoms with Crippen LogP contribution in [0.25, 0.3) is 0 Å². The van der Waals surface area contributed by atoms with E-state index in [-0.39, 0.29) is 11.8 Å². The Morgan fingerprint density at radius 2 is 2.06 bits per heavy atom. The summed E-state index contributed by atoms with van der Waals surface area (Å²) in [6.07, 6.45) is 2.97. The van der Waals surface area contributed by atoms with Crippen LogP contribution in [0.15, 0.2) is 24.3 Å². The van der Waals surface area contributed by atoms with Crippen molar-refractivity contribution in [1.29, 1.82) is 0 Å². The Kier molecular flexibility index (Phi) is 3.92. The van der Waals surface area contributed by atoms with Crippen molar-refractivity contribution in [2.75, 3.05) is 5.73 Å². The van der Waals surface area contributed by atoms with Crippen LogP contribution in [0, 0.1) is 5.92 Å². The molecule has 0 radical (unpaired) electrons. The van der Waals surface area contributed by atoms with Crippen molar-refractivity contribution >= 4 is 15.7 Å². The first kappa shape index (κ1) is 13.4. The molecule has 0 bridgehead atoms. The van der Waals surface area contributed by atoms with E-state index in [9.17, 15) is 8.42 Å².